The van der Waals surface area contributed by atoms with Gasteiger partial charge in [0.1, 0.15) is 6.61 Å². The molecule has 0 aliphatic carbocycles. The van der Waals surface area contributed by atoms with Crippen LogP contribution in [0, 0.1) is 10.1 Å². The largest absolute Gasteiger partial charge is 0.445 e. The molecule has 0 radical (unpaired) electrons. The number of nitrogens with one attached hydrogen (secondary N) is 2. The molecule has 0 saturated heterocycles. The van der Waals surface area contributed by atoms with Gasteiger partial charge < -0.3 is 15.4 Å². The highest BCUT2D eigenvalue weighted by atomic mass is 32.2. The average Bonchev–Trinajstić information content (AvgIpc) is 3.36. The number of aromatic nitrogens is 1. The van der Waals surface area contributed by atoms with Crippen LogP contribution in [0.4, 0.5) is 15.5 Å². The van der Waals surface area contributed by atoms with E-state index in [0.717, 1.165) is 25.9 Å². The van der Waals surface area contributed by atoms with E-state index in [-0.39, 0.29) is 16.5 Å². The van der Waals surface area contributed by atoms with Gasteiger partial charge in [-0.15, -0.1) is 11.3 Å². The number of carbonyl (C=O) groups excluding carboxylic acids is 2. The molecule has 2 heterocycles. The lowest BCUT2D eigenvalue weighted by molar-refractivity contribution is -0.380. The monoisotopic (exact) mass is 464 g/mol. The molecule has 9 nitrogen and oxygen atoms in total. The van der Waals surface area contributed by atoms with Gasteiger partial charge >= 0.3 is 11.1 Å². The van der Waals surface area contributed by atoms with Gasteiger partial charge in [0.25, 0.3) is 5.91 Å². The third-order valence-electron chi connectivity index (χ3n) is 3.55. The maximum Gasteiger partial charge on any atom is 0.407 e. The number of benzene rings is 1. The summed E-state index contributed by atoms with van der Waals surface area (Å²) in [5.74, 6) is 0.227. The molecule has 3 rings (SSSR count). The SMILES string of the molecule is C=CCOC(=O)NCCSc1nc2ccc(NC(=O)c3ccc([N+](=O)[O-])s3)cc2s1. The zero-order chi connectivity index (χ0) is 21.5. The molecule has 2 amide bonds. The lowest BCUT2D eigenvalue weighted by Gasteiger charge is -2.03. The molecule has 0 spiro atoms. The molecule has 0 bridgehead atoms. The van der Waals surface area contributed by atoms with Gasteiger partial charge in [-0.2, -0.15) is 0 Å². The maximum atomic E-state index is 12.3. The number of thioether (sulfide) groups is 1. The summed E-state index contributed by atoms with van der Waals surface area (Å²) in [4.78, 5) is 38.7. The molecule has 0 aliphatic rings. The minimum atomic E-state index is -0.524. The summed E-state index contributed by atoms with van der Waals surface area (Å²) in [5, 5.41) is 16.1. The summed E-state index contributed by atoms with van der Waals surface area (Å²) in [6, 6.07) is 8.07. The van der Waals surface area contributed by atoms with Gasteiger partial charge in [-0.25, -0.2) is 9.78 Å². The second kappa shape index (κ2) is 10.2. The summed E-state index contributed by atoms with van der Waals surface area (Å²) in [6.45, 7) is 4.07. The second-order valence-corrected chi connectivity index (χ2v) is 9.11. The molecule has 2 aromatic heterocycles. The molecular weight excluding hydrogens is 448 g/mol. The van der Waals surface area contributed by atoms with Crippen LogP contribution in [0.3, 0.4) is 0 Å². The number of nitro groups is 1. The van der Waals surface area contributed by atoms with Crippen molar-refractivity contribution in [3.05, 3.63) is 58.0 Å². The van der Waals surface area contributed by atoms with Crippen molar-refractivity contribution in [2.75, 3.05) is 24.2 Å². The minimum absolute atomic E-state index is 0.0804. The Morgan fingerprint density at radius 3 is 2.87 bits per heavy atom. The maximum absolute atomic E-state index is 12.3. The van der Waals surface area contributed by atoms with Crippen LogP contribution in [0.25, 0.3) is 10.2 Å². The molecular formula is C18H16N4O5S3. The van der Waals surface area contributed by atoms with Crippen molar-refractivity contribution in [3.8, 4) is 0 Å². The molecule has 2 N–H and O–H groups in total. The summed E-state index contributed by atoms with van der Waals surface area (Å²) >= 11 is 3.80. The Morgan fingerprint density at radius 1 is 1.30 bits per heavy atom. The van der Waals surface area contributed by atoms with Crippen LogP contribution in [0.5, 0.6) is 0 Å². The summed E-state index contributed by atoms with van der Waals surface area (Å²) in [7, 11) is 0. The van der Waals surface area contributed by atoms with Crippen molar-refractivity contribution < 1.29 is 19.2 Å². The Kier molecular flexibility index (Phi) is 7.38. The topological polar surface area (TPSA) is 123 Å². The lowest BCUT2D eigenvalue weighted by Crippen LogP contribution is -2.26. The third kappa shape index (κ3) is 5.78. The number of alkyl carbamates (subject to hydrolysis) is 1. The van der Waals surface area contributed by atoms with Crippen LogP contribution in [0.1, 0.15) is 9.67 Å². The van der Waals surface area contributed by atoms with E-state index < -0.39 is 16.9 Å². The van der Waals surface area contributed by atoms with Gasteiger partial charge in [0.05, 0.1) is 20.0 Å². The zero-order valence-corrected chi connectivity index (χ0v) is 17.9. The molecule has 0 atom stereocenters. The molecule has 0 aliphatic heterocycles. The van der Waals surface area contributed by atoms with E-state index in [2.05, 4.69) is 22.2 Å². The smallest absolute Gasteiger partial charge is 0.407 e. The van der Waals surface area contributed by atoms with E-state index in [9.17, 15) is 19.7 Å². The molecule has 0 saturated carbocycles. The fourth-order valence-corrected chi connectivity index (χ4v) is 5.01. The number of hydrogen-bond acceptors (Lipinski definition) is 9. The summed E-state index contributed by atoms with van der Waals surface area (Å²) < 4.78 is 6.55. The average molecular weight is 465 g/mol. The van der Waals surface area contributed by atoms with Crippen molar-refractivity contribution >= 4 is 67.3 Å². The third-order valence-corrected chi connectivity index (χ3v) is 6.75. The molecule has 12 heteroatoms. The van der Waals surface area contributed by atoms with Gasteiger partial charge in [-0.05, 0) is 24.3 Å². The Balaban J connectivity index is 1.56. The van der Waals surface area contributed by atoms with Crippen LogP contribution in [0.15, 0.2) is 47.3 Å². The van der Waals surface area contributed by atoms with Gasteiger partial charge in [0.2, 0.25) is 0 Å². The predicted molar refractivity (Wildman–Crippen MR) is 119 cm³/mol. The quantitative estimate of drug-likeness (QED) is 0.157. The number of thiazole rings is 1. The first kappa shape index (κ1) is 21.7. The standard InChI is InChI=1S/C18H16N4O5S3/c1-2-8-27-17(24)19-7-9-28-18-21-12-4-3-11(10-14(12)30-18)20-16(23)13-5-6-15(29-13)22(25)26/h2-6,10H,1,7-9H2,(H,19,24)(H,20,23). The Labute approximate surface area is 183 Å². The number of thiophene rings is 1. The summed E-state index contributed by atoms with van der Waals surface area (Å²) in [6.07, 6.45) is 1.01. The molecule has 0 fully saturated rings. The first-order chi connectivity index (χ1) is 14.5. The number of ether oxygens (including phenoxy) is 1. The van der Waals surface area contributed by atoms with Gasteiger partial charge in [0.15, 0.2) is 4.34 Å². The predicted octanol–water partition coefficient (Wildman–Crippen LogP) is 4.52. The Morgan fingerprint density at radius 2 is 2.13 bits per heavy atom. The van der Waals surface area contributed by atoms with E-state index in [0.29, 0.717) is 18.0 Å². The van der Waals surface area contributed by atoms with Crippen molar-refractivity contribution in [1.82, 2.24) is 10.3 Å². The first-order valence-electron chi connectivity index (χ1n) is 8.57. The molecule has 156 valence electrons. The van der Waals surface area contributed by atoms with Crippen molar-refractivity contribution in [2.45, 2.75) is 4.34 Å². The zero-order valence-electron chi connectivity index (χ0n) is 15.5. The van der Waals surface area contributed by atoms with Crippen molar-refractivity contribution in [1.29, 1.82) is 0 Å². The van der Waals surface area contributed by atoms with Crippen molar-refractivity contribution in [3.63, 3.8) is 0 Å². The second-order valence-electron chi connectivity index (χ2n) is 5.67. The lowest BCUT2D eigenvalue weighted by atomic mass is 10.3. The highest BCUT2D eigenvalue weighted by Gasteiger charge is 2.16. The fourth-order valence-electron chi connectivity index (χ4n) is 2.26. The van der Waals surface area contributed by atoms with E-state index in [1.807, 2.05) is 6.07 Å². The molecule has 30 heavy (non-hydrogen) atoms. The van der Waals surface area contributed by atoms with E-state index in [4.69, 9.17) is 4.74 Å². The number of hydrogen-bond donors (Lipinski definition) is 2. The van der Waals surface area contributed by atoms with Crippen LogP contribution in [-0.2, 0) is 4.74 Å². The van der Waals surface area contributed by atoms with Crippen LogP contribution in [0.2, 0.25) is 0 Å². The van der Waals surface area contributed by atoms with Crippen LogP contribution < -0.4 is 10.6 Å². The van der Waals surface area contributed by atoms with Crippen molar-refractivity contribution in [2.24, 2.45) is 0 Å². The first-order valence-corrected chi connectivity index (χ1v) is 11.2. The van der Waals surface area contributed by atoms with Crippen LogP contribution >= 0.6 is 34.4 Å². The minimum Gasteiger partial charge on any atom is -0.445 e. The number of carbonyl (C=O) groups is 2. The molecule has 1 aromatic carbocycles. The Hall–Kier alpha value is -2.96. The summed E-state index contributed by atoms with van der Waals surface area (Å²) in [5.41, 5.74) is 1.38. The van der Waals surface area contributed by atoms with Crippen LogP contribution in [-0.4, -0.2) is 40.8 Å². The highest BCUT2D eigenvalue weighted by molar-refractivity contribution is 8.01. The number of amides is 2. The van der Waals surface area contributed by atoms with Gasteiger partial charge in [-0.3, -0.25) is 14.9 Å². The number of rotatable bonds is 9. The number of anilines is 1. The van der Waals surface area contributed by atoms with E-state index in [1.54, 1.807) is 12.1 Å². The van der Waals surface area contributed by atoms with Gasteiger partial charge in [0, 0.05) is 24.1 Å². The molecule has 3 aromatic rings. The normalized spacial score (nSPS) is 10.5. The number of nitrogens with zero attached hydrogens (tertiary/aromatic N) is 2. The van der Waals surface area contributed by atoms with E-state index >= 15 is 0 Å². The van der Waals surface area contributed by atoms with E-state index in [1.165, 1.54) is 41.3 Å². The number of fused-ring (bicyclic) bond motifs is 1. The fraction of sp³-hybridized carbons (Fsp3) is 0.167. The van der Waals surface area contributed by atoms with Gasteiger partial charge in [-0.1, -0.05) is 35.8 Å². The molecule has 0 unspecified atom stereocenters. The Bertz CT molecular complexity index is 1090. The highest BCUT2D eigenvalue weighted by Crippen LogP contribution is 2.31.